The van der Waals surface area contributed by atoms with Crippen molar-refractivity contribution in [3.8, 4) is 0 Å². The lowest BCUT2D eigenvalue weighted by Gasteiger charge is -2.20. The van der Waals surface area contributed by atoms with E-state index in [1.54, 1.807) is 11.8 Å². The van der Waals surface area contributed by atoms with Crippen LogP contribution in [0.2, 0.25) is 0 Å². The molecule has 19 heavy (non-hydrogen) atoms. The van der Waals surface area contributed by atoms with Crippen LogP contribution in [0.5, 0.6) is 0 Å². The Bertz CT molecular complexity index is 444. The molecule has 1 aromatic carbocycles. The van der Waals surface area contributed by atoms with Crippen LogP contribution in [-0.4, -0.2) is 17.4 Å². The Balaban J connectivity index is 2.66. The second kappa shape index (κ2) is 7.20. The van der Waals surface area contributed by atoms with E-state index >= 15 is 0 Å². The maximum atomic E-state index is 11.6. The molecular formula is C14H20BrNO2S. The number of carbonyl (C=O) groups excluding carboxylic acids is 1. The maximum Gasteiger partial charge on any atom is 0.407 e. The van der Waals surface area contributed by atoms with Crippen LogP contribution in [0.15, 0.2) is 27.6 Å². The van der Waals surface area contributed by atoms with Crippen LogP contribution in [-0.2, 0) is 11.3 Å². The van der Waals surface area contributed by atoms with Gasteiger partial charge in [-0.05, 0) is 44.7 Å². The van der Waals surface area contributed by atoms with E-state index in [2.05, 4.69) is 28.2 Å². The number of hydrogen-bond donors (Lipinski definition) is 1. The number of thioether (sulfide) groups is 1. The highest BCUT2D eigenvalue weighted by Crippen LogP contribution is 2.26. The molecule has 5 heteroatoms. The molecule has 1 rings (SSSR count). The van der Waals surface area contributed by atoms with E-state index in [-0.39, 0.29) is 18.2 Å². The van der Waals surface area contributed by atoms with Gasteiger partial charge in [-0.15, -0.1) is 11.8 Å². The van der Waals surface area contributed by atoms with Crippen LogP contribution in [0.25, 0.3) is 0 Å². The molecule has 0 aliphatic rings. The molecule has 106 valence electrons. The number of hydrogen-bond acceptors (Lipinski definition) is 3. The van der Waals surface area contributed by atoms with Crippen LogP contribution in [0.4, 0.5) is 4.79 Å². The maximum absolute atomic E-state index is 11.6. The summed E-state index contributed by atoms with van der Waals surface area (Å²) in [5, 5.41) is 2.78. The molecule has 0 aliphatic heterocycles. The normalized spacial score (nSPS) is 11.2. The summed E-state index contributed by atoms with van der Waals surface area (Å²) in [5.74, 6) is 0.989. The van der Waals surface area contributed by atoms with Crippen LogP contribution in [0, 0.1) is 0 Å². The van der Waals surface area contributed by atoms with Gasteiger partial charge in [0.25, 0.3) is 0 Å². The summed E-state index contributed by atoms with van der Waals surface area (Å²) in [6.45, 7) is 8.15. The average Bonchev–Trinajstić information content (AvgIpc) is 2.27. The predicted molar refractivity (Wildman–Crippen MR) is 83.6 cm³/mol. The molecule has 0 radical (unpaired) electrons. The zero-order chi connectivity index (χ0) is 14.5. The van der Waals surface area contributed by atoms with E-state index in [9.17, 15) is 4.79 Å². The van der Waals surface area contributed by atoms with E-state index in [1.165, 1.54) is 0 Å². The molecule has 0 heterocycles. The van der Waals surface area contributed by atoms with Crippen molar-refractivity contribution in [2.24, 2.45) is 0 Å². The highest BCUT2D eigenvalue weighted by atomic mass is 79.9. The molecule has 0 bridgehead atoms. The molecule has 0 saturated heterocycles. The van der Waals surface area contributed by atoms with Crippen LogP contribution < -0.4 is 5.32 Å². The standard InChI is InChI=1S/C14H20BrNO2S/c1-5-19-12-7-6-11(15)8-10(12)9-18-13(17)16-14(2,3)4/h6-8H,5,9H2,1-4H3,(H,16,17). The average molecular weight is 346 g/mol. The number of amides is 1. The van der Waals surface area contributed by atoms with Crippen molar-refractivity contribution in [1.29, 1.82) is 0 Å². The van der Waals surface area contributed by atoms with Gasteiger partial charge in [0.05, 0.1) is 0 Å². The van der Waals surface area contributed by atoms with Gasteiger partial charge in [-0.1, -0.05) is 22.9 Å². The van der Waals surface area contributed by atoms with E-state index in [0.29, 0.717) is 0 Å². The molecule has 0 aromatic heterocycles. The number of halogens is 1. The van der Waals surface area contributed by atoms with Crippen molar-refractivity contribution in [3.05, 3.63) is 28.2 Å². The van der Waals surface area contributed by atoms with Crippen molar-refractivity contribution >= 4 is 33.8 Å². The van der Waals surface area contributed by atoms with E-state index in [1.807, 2.05) is 39.0 Å². The minimum Gasteiger partial charge on any atom is -0.445 e. The quantitative estimate of drug-likeness (QED) is 0.811. The van der Waals surface area contributed by atoms with Crippen molar-refractivity contribution in [2.75, 3.05) is 5.75 Å². The van der Waals surface area contributed by atoms with Gasteiger partial charge < -0.3 is 10.1 Å². The number of carbonyl (C=O) groups is 1. The predicted octanol–water partition coefficient (Wildman–Crippen LogP) is 4.59. The van der Waals surface area contributed by atoms with Gasteiger partial charge in [0.2, 0.25) is 0 Å². The molecule has 1 amide bonds. The minimum absolute atomic E-state index is 0.281. The highest BCUT2D eigenvalue weighted by Gasteiger charge is 2.15. The Morgan fingerprint density at radius 2 is 2.11 bits per heavy atom. The first kappa shape index (κ1) is 16.4. The minimum atomic E-state index is -0.389. The first-order chi connectivity index (χ1) is 8.81. The zero-order valence-corrected chi connectivity index (χ0v) is 14.2. The molecule has 0 unspecified atom stereocenters. The number of alkyl carbamates (subject to hydrolysis) is 1. The monoisotopic (exact) mass is 345 g/mol. The van der Waals surface area contributed by atoms with Gasteiger partial charge in [-0.3, -0.25) is 0 Å². The van der Waals surface area contributed by atoms with E-state index in [4.69, 9.17) is 4.74 Å². The Labute approximate surface area is 127 Å². The summed E-state index contributed by atoms with van der Waals surface area (Å²) in [6, 6.07) is 6.03. The topological polar surface area (TPSA) is 38.3 Å². The summed E-state index contributed by atoms with van der Waals surface area (Å²) >= 11 is 5.18. The van der Waals surface area contributed by atoms with Crippen LogP contribution in [0.3, 0.4) is 0 Å². The third kappa shape index (κ3) is 6.34. The summed E-state index contributed by atoms with van der Waals surface area (Å²) in [7, 11) is 0. The van der Waals surface area contributed by atoms with Gasteiger partial charge in [0, 0.05) is 20.5 Å². The lowest BCUT2D eigenvalue weighted by Crippen LogP contribution is -2.40. The number of benzene rings is 1. The molecule has 0 saturated carbocycles. The second-order valence-electron chi connectivity index (χ2n) is 5.14. The third-order valence-electron chi connectivity index (χ3n) is 2.16. The molecule has 1 aromatic rings. The first-order valence-corrected chi connectivity index (χ1v) is 7.96. The molecule has 0 fully saturated rings. The van der Waals surface area contributed by atoms with Gasteiger partial charge in [-0.2, -0.15) is 0 Å². The Morgan fingerprint density at radius 1 is 1.42 bits per heavy atom. The van der Waals surface area contributed by atoms with Crippen LogP contribution >= 0.6 is 27.7 Å². The molecule has 0 spiro atoms. The molecule has 0 aliphatic carbocycles. The summed E-state index contributed by atoms with van der Waals surface area (Å²) in [4.78, 5) is 12.8. The Hall–Kier alpha value is -0.680. The number of ether oxygens (including phenoxy) is 1. The number of nitrogens with one attached hydrogen (secondary N) is 1. The van der Waals surface area contributed by atoms with Crippen molar-refractivity contribution in [2.45, 2.75) is 44.7 Å². The van der Waals surface area contributed by atoms with Gasteiger partial charge in [0.15, 0.2) is 0 Å². The molecule has 3 nitrogen and oxygen atoms in total. The van der Waals surface area contributed by atoms with E-state index < -0.39 is 0 Å². The van der Waals surface area contributed by atoms with Gasteiger partial charge in [-0.25, -0.2) is 4.79 Å². The second-order valence-corrected chi connectivity index (χ2v) is 7.36. The first-order valence-electron chi connectivity index (χ1n) is 6.18. The largest absolute Gasteiger partial charge is 0.445 e. The lowest BCUT2D eigenvalue weighted by molar-refractivity contribution is 0.130. The molecule has 0 atom stereocenters. The Morgan fingerprint density at radius 3 is 2.68 bits per heavy atom. The lowest BCUT2D eigenvalue weighted by atomic mass is 10.1. The molecule has 1 N–H and O–H groups in total. The fourth-order valence-electron chi connectivity index (χ4n) is 1.44. The number of rotatable bonds is 4. The van der Waals surface area contributed by atoms with Crippen molar-refractivity contribution in [3.63, 3.8) is 0 Å². The Kier molecular flexibility index (Phi) is 6.20. The summed E-state index contributed by atoms with van der Waals surface area (Å²) in [6.07, 6.45) is -0.389. The molecular weight excluding hydrogens is 326 g/mol. The fourth-order valence-corrected chi connectivity index (χ4v) is 2.63. The third-order valence-corrected chi connectivity index (χ3v) is 3.65. The van der Waals surface area contributed by atoms with Crippen molar-refractivity contribution < 1.29 is 9.53 Å². The zero-order valence-electron chi connectivity index (χ0n) is 11.7. The SMILES string of the molecule is CCSc1ccc(Br)cc1COC(=O)NC(C)(C)C. The summed E-state index contributed by atoms with van der Waals surface area (Å²) in [5.41, 5.74) is 0.736. The highest BCUT2D eigenvalue weighted by molar-refractivity contribution is 9.10. The van der Waals surface area contributed by atoms with Crippen LogP contribution in [0.1, 0.15) is 33.3 Å². The fraction of sp³-hybridized carbons (Fsp3) is 0.500. The van der Waals surface area contributed by atoms with Gasteiger partial charge in [0.1, 0.15) is 6.61 Å². The van der Waals surface area contributed by atoms with E-state index in [0.717, 1.165) is 20.7 Å². The van der Waals surface area contributed by atoms with Gasteiger partial charge >= 0.3 is 6.09 Å². The van der Waals surface area contributed by atoms with Crippen molar-refractivity contribution in [1.82, 2.24) is 5.32 Å². The smallest absolute Gasteiger partial charge is 0.407 e. The summed E-state index contributed by atoms with van der Waals surface area (Å²) < 4.78 is 6.25.